The molecule has 1 aliphatic heterocycles. The Bertz CT molecular complexity index is 1700. The lowest BCUT2D eigenvalue weighted by Crippen LogP contribution is -2.47. The minimum atomic E-state index is -4.51. The maximum Gasteiger partial charge on any atom is 0.459 e. The molecule has 0 spiro atoms. The van der Waals surface area contributed by atoms with Gasteiger partial charge in [-0.05, 0) is 44.6 Å². The van der Waals surface area contributed by atoms with Gasteiger partial charge in [0, 0.05) is 17.6 Å². The molecule has 0 saturated carbocycles. The van der Waals surface area contributed by atoms with Gasteiger partial charge >= 0.3 is 19.4 Å². The summed E-state index contributed by atoms with van der Waals surface area (Å²) in [6, 6.07) is 10.3. The van der Waals surface area contributed by atoms with Crippen LogP contribution in [0.25, 0.3) is 10.8 Å². The van der Waals surface area contributed by atoms with Crippen LogP contribution in [0.2, 0.25) is 0 Å². The van der Waals surface area contributed by atoms with E-state index < -0.39 is 80.0 Å². The molecule has 2 heterocycles. The fourth-order valence-electron chi connectivity index (χ4n) is 4.71. The zero-order valence-electron chi connectivity index (χ0n) is 26.5. The summed E-state index contributed by atoms with van der Waals surface area (Å²) in [6.07, 6.45) is -6.06. The second-order valence-electron chi connectivity index (χ2n) is 11.2. The number of nitrogens with zero attached hydrogens (tertiary/aromatic N) is 1. The first-order chi connectivity index (χ1) is 21.0. The molecule has 1 aliphatic rings. The number of aliphatic hydroxyl groups excluding tert-OH is 1. The largest absolute Gasteiger partial charge is 0.462 e. The van der Waals surface area contributed by atoms with E-state index >= 15 is 0 Å². The first kappa shape index (κ1) is 29.7. The van der Waals surface area contributed by atoms with E-state index in [9.17, 15) is 29.2 Å². The number of hydrogen-bond donors (Lipinski definition) is 4. The summed E-state index contributed by atoms with van der Waals surface area (Å²) >= 11 is 0. The van der Waals surface area contributed by atoms with E-state index in [0.29, 0.717) is 9.95 Å². The van der Waals surface area contributed by atoms with Crippen LogP contribution in [-0.4, -0.2) is 62.3 Å². The topological polar surface area (TPSA) is 178 Å². The molecule has 4 N–H and O–H groups in total. The third-order valence-electron chi connectivity index (χ3n) is 6.75. The Morgan fingerprint density at radius 2 is 1.91 bits per heavy atom. The Labute approximate surface area is 251 Å². The van der Waals surface area contributed by atoms with Gasteiger partial charge in [0.05, 0.1) is 15.5 Å². The van der Waals surface area contributed by atoms with E-state index in [0.717, 1.165) is 12.3 Å². The number of H-pyrrole nitrogens is 1. The number of esters is 1. The second kappa shape index (κ2) is 13.1. The molecule has 13 nitrogen and oxygen atoms in total. The van der Waals surface area contributed by atoms with Crippen molar-refractivity contribution in [2.24, 2.45) is 5.92 Å². The highest BCUT2D eigenvalue weighted by Gasteiger charge is 2.54. The number of ether oxygens (including phenoxy) is 2. The number of benzene rings is 2. The average Bonchev–Trinajstić information content (AvgIpc) is 3.17. The number of nitrogens with one attached hydrogen (secondary N) is 2. The third kappa shape index (κ3) is 7.61. The Morgan fingerprint density at radius 3 is 2.60 bits per heavy atom. The van der Waals surface area contributed by atoms with Gasteiger partial charge in [0.2, 0.25) is 0 Å². The molecule has 43 heavy (non-hydrogen) atoms. The van der Waals surface area contributed by atoms with Gasteiger partial charge in [-0.2, -0.15) is 5.09 Å². The summed E-state index contributed by atoms with van der Waals surface area (Å²) in [4.78, 5) is 39.3. The van der Waals surface area contributed by atoms with E-state index in [4.69, 9.17) is 21.3 Å². The lowest BCUT2D eigenvalue weighted by molar-refractivity contribution is -0.150. The third-order valence-corrected chi connectivity index (χ3v) is 8.31. The van der Waals surface area contributed by atoms with Crippen molar-refractivity contribution in [1.82, 2.24) is 14.6 Å². The van der Waals surface area contributed by atoms with Crippen LogP contribution >= 0.6 is 7.75 Å². The summed E-state index contributed by atoms with van der Waals surface area (Å²) in [5.74, 6) is -0.555. The minimum absolute atomic E-state index is 0.0410. The van der Waals surface area contributed by atoms with Crippen LogP contribution in [0, 0.1) is 5.92 Å². The van der Waals surface area contributed by atoms with Crippen molar-refractivity contribution in [1.29, 1.82) is 0 Å². The van der Waals surface area contributed by atoms with Gasteiger partial charge in [0.25, 0.3) is 5.56 Å². The molecule has 0 amide bonds. The molecule has 0 radical (unpaired) electrons. The standard InChI is InChI=1S/C29H38N3O10P/c1-17(2)15-21(26(35)40-18(3)4)31-43(38,42-22-12-8-10-19-9-6-7-11-20(19)22)39-16-23-25(34)29(5,37)27(41-23)32-14-13-24(33)30-28(32)36/h6-14,17-18,21,23,25,27,34,37H,15-16H2,1-5H3,(H,31,38)(H,30,33,36)/t21?,23-,25-,27-,29-,43?/m1/s1/i13D,14D. The zero-order chi connectivity index (χ0) is 33.3. The molecule has 234 valence electrons. The lowest BCUT2D eigenvalue weighted by Gasteiger charge is -2.28. The minimum Gasteiger partial charge on any atom is -0.462 e. The molecule has 1 saturated heterocycles. The summed E-state index contributed by atoms with van der Waals surface area (Å²) in [7, 11) is -4.51. The number of aromatic amines is 1. The Kier molecular flexibility index (Phi) is 9.08. The van der Waals surface area contributed by atoms with Crippen molar-refractivity contribution in [3.63, 3.8) is 0 Å². The average molecular weight is 622 g/mol. The molecule has 3 aromatic rings. The van der Waals surface area contributed by atoms with Crippen molar-refractivity contribution in [3.8, 4) is 5.75 Å². The number of rotatable bonds is 12. The van der Waals surface area contributed by atoms with Crippen LogP contribution in [0.3, 0.4) is 0 Å². The van der Waals surface area contributed by atoms with E-state index in [1.807, 2.05) is 37.0 Å². The van der Waals surface area contributed by atoms with Gasteiger partial charge in [-0.15, -0.1) is 0 Å². The number of aliphatic hydroxyl groups is 2. The van der Waals surface area contributed by atoms with Gasteiger partial charge < -0.3 is 24.2 Å². The predicted molar refractivity (Wildman–Crippen MR) is 158 cm³/mol. The number of fused-ring (bicyclic) bond motifs is 1. The summed E-state index contributed by atoms with van der Waals surface area (Å²) < 4.78 is 53.7. The molecule has 4 rings (SSSR count). The molecule has 2 unspecified atom stereocenters. The van der Waals surface area contributed by atoms with Crippen LogP contribution in [-0.2, 0) is 23.4 Å². The molecule has 0 bridgehead atoms. The number of carbonyl (C=O) groups is 1. The number of hydrogen-bond acceptors (Lipinski definition) is 10. The summed E-state index contributed by atoms with van der Waals surface area (Å²) in [5.41, 5.74) is -4.48. The summed E-state index contributed by atoms with van der Waals surface area (Å²) in [5, 5.41) is 26.2. The molecular weight excluding hydrogens is 581 g/mol. The summed E-state index contributed by atoms with van der Waals surface area (Å²) in [6.45, 7) is 7.52. The SMILES string of the molecule is [2H]c1c([2H])n([C@@H]2O[C@H](COP(=O)(NC(CC(C)C)C(=O)OC(C)C)Oc3cccc4ccccc34)[C@@H](O)[C@@]2(C)O)c(=O)[nH]c1=O. The highest BCUT2D eigenvalue weighted by Crippen LogP contribution is 2.48. The van der Waals surface area contributed by atoms with Gasteiger partial charge in [0.1, 0.15) is 29.6 Å². The smallest absolute Gasteiger partial charge is 0.459 e. The van der Waals surface area contributed by atoms with Crippen molar-refractivity contribution in [3.05, 3.63) is 75.5 Å². The molecule has 6 atom stereocenters. The van der Waals surface area contributed by atoms with Gasteiger partial charge in [-0.3, -0.25) is 23.7 Å². The fourth-order valence-corrected chi connectivity index (χ4v) is 6.25. The quantitative estimate of drug-likeness (QED) is 0.173. The zero-order valence-corrected chi connectivity index (χ0v) is 25.4. The van der Waals surface area contributed by atoms with Crippen LogP contribution in [0.4, 0.5) is 0 Å². The molecule has 1 fully saturated rings. The molecule has 2 aromatic carbocycles. The van der Waals surface area contributed by atoms with E-state index in [-0.39, 0.29) is 18.1 Å². The van der Waals surface area contributed by atoms with Gasteiger partial charge in [-0.25, -0.2) is 9.36 Å². The van der Waals surface area contributed by atoms with Crippen molar-refractivity contribution >= 4 is 24.5 Å². The Morgan fingerprint density at radius 1 is 1.21 bits per heavy atom. The first-order valence-electron chi connectivity index (χ1n) is 14.8. The van der Waals surface area contributed by atoms with E-state index in [1.165, 1.54) is 0 Å². The van der Waals surface area contributed by atoms with Crippen molar-refractivity contribution < 1.29 is 40.8 Å². The molecule has 14 heteroatoms. The highest BCUT2D eigenvalue weighted by molar-refractivity contribution is 7.52. The molecular formula is C29H38N3O10P. The lowest BCUT2D eigenvalue weighted by atomic mass is 9.96. The van der Waals surface area contributed by atoms with E-state index in [1.54, 1.807) is 38.1 Å². The maximum absolute atomic E-state index is 14.5. The van der Waals surface area contributed by atoms with Crippen LogP contribution in [0.15, 0.2) is 64.3 Å². The number of aromatic nitrogens is 2. The maximum atomic E-state index is 14.5. The number of carbonyl (C=O) groups excluding carboxylic acids is 1. The Hall–Kier alpha value is -3.32. The highest BCUT2D eigenvalue weighted by atomic mass is 31.2. The fraction of sp³-hybridized carbons (Fsp3) is 0.483. The van der Waals surface area contributed by atoms with Crippen LogP contribution < -0.4 is 20.9 Å². The normalized spacial score (nSPS) is 24.9. The van der Waals surface area contributed by atoms with Gasteiger partial charge in [0.15, 0.2) is 6.23 Å². The first-order valence-corrected chi connectivity index (χ1v) is 15.4. The predicted octanol–water partition coefficient (Wildman–Crippen LogP) is 2.86. The second-order valence-corrected chi connectivity index (χ2v) is 12.9. The molecule has 1 aromatic heterocycles. The Balaban J connectivity index is 1.68. The van der Waals surface area contributed by atoms with E-state index in [2.05, 4.69) is 5.09 Å². The monoisotopic (exact) mass is 621 g/mol. The van der Waals surface area contributed by atoms with Crippen molar-refractivity contribution in [2.75, 3.05) is 6.61 Å². The van der Waals surface area contributed by atoms with Crippen molar-refractivity contribution in [2.45, 2.75) is 77.2 Å². The van der Waals surface area contributed by atoms with Gasteiger partial charge in [-0.1, -0.05) is 50.2 Å². The molecule has 0 aliphatic carbocycles. The van der Waals surface area contributed by atoms with Crippen LogP contribution in [0.5, 0.6) is 5.75 Å². The van der Waals surface area contributed by atoms with Crippen LogP contribution in [0.1, 0.15) is 50.0 Å².